The van der Waals surface area contributed by atoms with Gasteiger partial charge in [0, 0.05) is 29.8 Å². The lowest BCUT2D eigenvalue weighted by Crippen LogP contribution is -2.31. The second-order valence-corrected chi connectivity index (χ2v) is 10.0. The van der Waals surface area contributed by atoms with Gasteiger partial charge in [0.05, 0.1) is 25.3 Å². The van der Waals surface area contributed by atoms with Gasteiger partial charge >= 0.3 is 5.97 Å². The number of carbonyl (C=O) groups excluding carboxylic acids is 1. The van der Waals surface area contributed by atoms with Crippen molar-refractivity contribution >= 4 is 17.6 Å². The Kier molecular flexibility index (Phi) is 8.98. The van der Waals surface area contributed by atoms with Gasteiger partial charge in [0.25, 0.3) is 0 Å². The summed E-state index contributed by atoms with van der Waals surface area (Å²) in [7, 11) is 1.75. The Balaban J connectivity index is 1.96. The normalized spacial score (nSPS) is 12.9. The molecule has 0 atom stereocenters. The molecule has 0 bridgehead atoms. The average Bonchev–Trinajstić information content (AvgIpc) is 3.14. The van der Waals surface area contributed by atoms with Gasteiger partial charge in [-0.05, 0) is 50.1 Å². The topological polar surface area (TPSA) is 121 Å². The third-order valence-corrected chi connectivity index (χ3v) is 6.11. The smallest absolute Gasteiger partial charge is 0.341 e. The van der Waals surface area contributed by atoms with E-state index < -0.39 is 23.8 Å². The van der Waals surface area contributed by atoms with Crippen molar-refractivity contribution in [1.29, 1.82) is 5.41 Å². The first-order valence-corrected chi connectivity index (χ1v) is 12.6. The molecule has 2 aromatic rings. The standard InChI is InChI=1S/C28H36FN3O6/c1-7-36-21-11-18-13-32(27(30)23(18)24(29)26(21)37-8-2)14-20(33)16-9-17(12-31-6)25(38-15-22(34)35)19(10-16)28(3,4)5/h9-11,30-31H,7-8,12-15H2,1-6H3,(H,34,35). The predicted molar refractivity (Wildman–Crippen MR) is 141 cm³/mol. The molecular formula is C28H36FN3O6. The van der Waals surface area contributed by atoms with Crippen LogP contribution in [0.25, 0.3) is 0 Å². The molecule has 0 saturated carbocycles. The number of amidine groups is 1. The van der Waals surface area contributed by atoms with E-state index in [0.29, 0.717) is 41.2 Å². The molecule has 0 fully saturated rings. The molecule has 0 aliphatic carbocycles. The van der Waals surface area contributed by atoms with E-state index in [1.165, 1.54) is 4.90 Å². The fraction of sp³-hybridized carbons (Fsp3) is 0.464. The number of hydrogen-bond acceptors (Lipinski definition) is 7. The van der Waals surface area contributed by atoms with Gasteiger partial charge in [-0.15, -0.1) is 0 Å². The lowest BCUT2D eigenvalue weighted by Gasteiger charge is -2.26. The maximum atomic E-state index is 15.4. The van der Waals surface area contributed by atoms with Crippen LogP contribution in [0.2, 0.25) is 0 Å². The fourth-order valence-electron chi connectivity index (χ4n) is 4.46. The van der Waals surface area contributed by atoms with Crippen LogP contribution in [0.15, 0.2) is 18.2 Å². The van der Waals surface area contributed by atoms with Gasteiger partial charge in [-0.2, -0.15) is 0 Å². The summed E-state index contributed by atoms with van der Waals surface area (Å²) in [5.41, 5.74) is 1.96. The minimum atomic E-state index is -1.10. The Labute approximate surface area is 222 Å². The zero-order valence-corrected chi connectivity index (χ0v) is 22.8. The van der Waals surface area contributed by atoms with Crippen LogP contribution in [0.5, 0.6) is 17.2 Å². The first-order valence-electron chi connectivity index (χ1n) is 12.6. The number of nitrogens with one attached hydrogen (secondary N) is 2. The van der Waals surface area contributed by atoms with E-state index in [2.05, 4.69) is 5.32 Å². The molecule has 0 unspecified atom stereocenters. The van der Waals surface area contributed by atoms with Crippen LogP contribution in [0, 0.1) is 11.2 Å². The van der Waals surface area contributed by atoms with Gasteiger partial charge in [0.2, 0.25) is 0 Å². The fourth-order valence-corrected chi connectivity index (χ4v) is 4.46. The first-order chi connectivity index (χ1) is 17.9. The molecule has 1 aliphatic heterocycles. The molecule has 0 amide bonds. The lowest BCUT2D eigenvalue weighted by atomic mass is 9.83. The van der Waals surface area contributed by atoms with Crippen LogP contribution in [0.1, 0.15) is 67.2 Å². The molecule has 0 spiro atoms. The minimum Gasteiger partial charge on any atom is -0.490 e. The van der Waals surface area contributed by atoms with Gasteiger partial charge in [0.15, 0.2) is 29.7 Å². The summed E-state index contributed by atoms with van der Waals surface area (Å²) in [5.74, 6) is -1.45. The maximum absolute atomic E-state index is 15.4. The summed E-state index contributed by atoms with van der Waals surface area (Å²) in [5, 5.41) is 20.8. The molecule has 1 aliphatic rings. The predicted octanol–water partition coefficient (Wildman–Crippen LogP) is 4.13. The largest absolute Gasteiger partial charge is 0.490 e. The van der Waals surface area contributed by atoms with Crippen molar-refractivity contribution in [2.75, 3.05) is 33.4 Å². The number of rotatable bonds is 12. The molecule has 9 nitrogen and oxygen atoms in total. The number of hydrogen-bond donors (Lipinski definition) is 3. The second kappa shape index (κ2) is 11.8. The Morgan fingerprint density at radius 3 is 2.37 bits per heavy atom. The van der Waals surface area contributed by atoms with Crippen molar-refractivity contribution in [3.63, 3.8) is 0 Å². The van der Waals surface area contributed by atoms with E-state index in [1.54, 1.807) is 39.1 Å². The number of fused-ring (bicyclic) bond motifs is 1. The molecule has 3 rings (SSSR count). The van der Waals surface area contributed by atoms with Gasteiger partial charge in [0.1, 0.15) is 11.6 Å². The molecule has 0 radical (unpaired) electrons. The van der Waals surface area contributed by atoms with E-state index in [9.17, 15) is 9.59 Å². The number of carboxylic acid groups (broad SMARTS) is 1. The van der Waals surface area contributed by atoms with Crippen LogP contribution in [0.4, 0.5) is 4.39 Å². The Morgan fingerprint density at radius 2 is 1.79 bits per heavy atom. The monoisotopic (exact) mass is 529 g/mol. The van der Waals surface area contributed by atoms with Crippen LogP contribution >= 0.6 is 0 Å². The highest BCUT2D eigenvalue weighted by atomic mass is 19.1. The van der Waals surface area contributed by atoms with E-state index in [1.807, 2.05) is 20.8 Å². The van der Waals surface area contributed by atoms with Crippen molar-refractivity contribution in [3.05, 3.63) is 51.8 Å². The molecule has 3 N–H and O–H groups in total. The van der Waals surface area contributed by atoms with Crippen LogP contribution < -0.4 is 19.5 Å². The number of nitrogens with zero attached hydrogens (tertiary/aromatic N) is 1. The number of aliphatic carboxylic acids is 1. The summed E-state index contributed by atoms with van der Waals surface area (Å²) in [6.07, 6.45) is 0. The highest BCUT2D eigenvalue weighted by molar-refractivity contribution is 6.06. The summed E-state index contributed by atoms with van der Waals surface area (Å²) in [4.78, 5) is 26.2. The molecule has 2 aromatic carbocycles. The average molecular weight is 530 g/mol. The van der Waals surface area contributed by atoms with Crippen LogP contribution in [0.3, 0.4) is 0 Å². The van der Waals surface area contributed by atoms with E-state index in [-0.39, 0.29) is 48.4 Å². The number of ketones is 1. The summed E-state index contributed by atoms with van der Waals surface area (Å²) < 4.78 is 32.1. The Morgan fingerprint density at radius 1 is 1.11 bits per heavy atom. The summed E-state index contributed by atoms with van der Waals surface area (Å²) >= 11 is 0. The van der Waals surface area contributed by atoms with Gasteiger partial charge in [-0.1, -0.05) is 20.8 Å². The number of halogens is 1. The van der Waals surface area contributed by atoms with Crippen molar-refractivity contribution in [1.82, 2.24) is 10.2 Å². The molecular weight excluding hydrogens is 493 g/mol. The first kappa shape index (κ1) is 28.9. The van der Waals surface area contributed by atoms with E-state index in [0.717, 1.165) is 0 Å². The highest BCUT2D eigenvalue weighted by Crippen LogP contribution is 2.39. The van der Waals surface area contributed by atoms with Gasteiger partial charge in [-0.3, -0.25) is 10.2 Å². The minimum absolute atomic E-state index is 0.0329. The molecule has 10 heteroatoms. The van der Waals surface area contributed by atoms with E-state index in [4.69, 9.17) is 24.7 Å². The lowest BCUT2D eigenvalue weighted by molar-refractivity contribution is -0.139. The van der Waals surface area contributed by atoms with Crippen molar-refractivity contribution in [2.45, 2.75) is 53.1 Å². The molecule has 38 heavy (non-hydrogen) atoms. The number of carboxylic acids is 1. The zero-order valence-electron chi connectivity index (χ0n) is 22.8. The van der Waals surface area contributed by atoms with Crippen LogP contribution in [-0.4, -0.2) is 61.0 Å². The van der Waals surface area contributed by atoms with E-state index >= 15 is 4.39 Å². The number of Topliss-reactive ketones (excluding diaryl/α,β-unsaturated/α-hetero) is 1. The molecule has 0 aromatic heterocycles. The quantitative estimate of drug-likeness (QED) is 0.351. The number of carbonyl (C=O) groups is 2. The number of benzene rings is 2. The Bertz CT molecular complexity index is 1240. The van der Waals surface area contributed by atoms with Crippen molar-refractivity contribution < 1.29 is 33.3 Å². The number of ether oxygens (including phenoxy) is 3. The van der Waals surface area contributed by atoms with Gasteiger partial charge in [-0.25, -0.2) is 9.18 Å². The second-order valence-electron chi connectivity index (χ2n) is 10.0. The third-order valence-electron chi connectivity index (χ3n) is 6.11. The molecule has 1 heterocycles. The zero-order chi connectivity index (χ0) is 28.2. The van der Waals surface area contributed by atoms with Gasteiger partial charge < -0.3 is 29.5 Å². The Hall–Kier alpha value is -3.66. The maximum Gasteiger partial charge on any atom is 0.341 e. The highest BCUT2D eigenvalue weighted by Gasteiger charge is 2.33. The molecule has 206 valence electrons. The summed E-state index contributed by atoms with van der Waals surface area (Å²) in [6, 6.07) is 5.06. The molecule has 0 saturated heterocycles. The summed E-state index contributed by atoms with van der Waals surface area (Å²) in [6.45, 7) is 9.85. The van der Waals surface area contributed by atoms with Crippen molar-refractivity contribution in [3.8, 4) is 17.2 Å². The third kappa shape index (κ3) is 6.07. The van der Waals surface area contributed by atoms with Crippen molar-refractivity contribution in [2.24, 2.45) is 0 Å². The van der Waals surface area contributed by atoms with Crippen LogP contribution in [-0.2, 0) is 23.3 Å². The SMILES string of the molecule is CCOc1cc2c(c(F)c1OCC)C(=N)N(CC(=O)c1cc(CNC)c(OCC(=O)O)c(C(C)(C)C)c1)C2.